The van der Waals surface area contributed by atoms with Crippen LogP contribution < -0.4 is 11.1 Å². The standard InChI is InChI=1S/C11H22N4O/c1-5-11(3,6-7-16)13-10-9(12)8(2)14-15(10)4/h13,16H,5-7,12H2,1-4H3. The van der Waals surface area contributed by atoms with Crippen LogP contribution in [0.4, 0.5) is 11.5 Å². The first-order valence-electron chi connectivity index (χ1n) is 5.61. The molecule has 1 aromatic rings. The second-order valence-electron chi connectivity index (χ2n) is 4.48. The van der Waals surface area contributed by atoms with Crippen LogP contribution in [0, 0.1) is 6.92 Å². The molecule has 0 aliphatic rings. The molecule has 0 aliphatic carbocycles. The van der Waals surface area contributed by atoms with Gasteiger partial charge >= 0.3 is 0 Å². The van der Waals surface area contributed by atoms with Gasteiger partial charge in [-0.15, -0.1) is 0 Å². The molecule has 1 unspecified atom stereocenters. The third-order valence-corrected chi connectivity index (χ3v) is 3.13. The number of rotatable bonds is 5. The highest BCUT2D eigenvalue weighted by Gasteiger charge is 2.24. The van der Waals surface area contributed by atoms with Crippen LogP contribution in [0.1, 0.15) is 32.4 Å². The molecule has 1 atom stereocenters. The van der Waals surface area contributed by atoms with Crippen molar-refractivity contribution in [1.29, 1.82) is 0 Å². The van der Waals surface area contributed by atoms with E-state index in [1.165, 1.54) is 0 Å². The summed E-state index contributed by atoms with van der Waals surface area (Å²) in [5.74, 6) is 0.829. The Hall–Kier alpha value is -1.23. The average molecular weight is 226 g/mol. The van der Waals surface area contributed by atoms with Gasteiger partial charge in [-0.2, -0.15) is 5.10 Å². The van der Waals surface area contributed by atoms with Gasteiger partial charge < -0.3 is 16.2 Å². The largest absolute Gasteiger partial charge is 0.396 e. The van der Waals surface area contributed by atoms with Crippen molar-refractivity contribution in [3.8, 4) is 0 Å². The number of nitrogens with two attached hydrogens (primary N) is 1. The van der Waals surface area contributed by atoms with Crippen molar-refractivity contribution >= 4 is 11.5 Å². The number of hydrogen-bond donors (Lipinski definition) is 3. The Morgan fingerprint density at radius 1 is 1.56 bits per heavy atom. The molecule has 0 aliphatic heterocycles. The Kier molecular flexibility index (Phi) is 3.80. The normalized spacial score (nSPS) is 14.8. The van der Waals surface area contributed by atoms with Crippen LogP contribution in [-0.2, 0) is 7.05 Å². The zero-order valence-corrected chi connectivity index (χ0v) is 10.5. The van der Waals surface area contributed by atoms with Crippen LogP contribution in [0.15, 0.2) is 0 Å². The summed E-state index contributed by atoms with van der Waals surface area (Å²) in [7, 11) is 1.86. The Balaban J connectivity index is 2.93. The number of aryl methyl sites for hydroxylation is 2. The van der Waals surface area contributed by atoms with Crippen molar-refractivity contribution in [2.75, 3.05) is 17.7 Å². The van der Waals surface area contributed by atoms with Gasteiger partial charge in [0.05, 0.1) is 11.4 Å². The lowest BCUT2D eigenvalue weighted by atomic mass is 9.95. The Morgan fingerprint density at radius 3 is 2.56 bits per heavy atom. The van der Waals surface area contributed by atoms with Gasteiger partial charge in [0.1, 0.15) is 5.82 Å². The predicted molar refractivity (Wildman–Crippen MR) is 66.4 cm³/mol. The second kappa shape index (κ2) is 4.74. The quantitative estimate of drug-likeness (QED) is 0.706. The zero-order chi connectivity index (χ0) is 12.3. The molecule has 0 aromatic carbocycles. The summed E-state index contributed by atoms with van der Waals surface area (Å²) in [6.45, 7) is 6.21. The molecule has 5 heteroatoms. The molecule has 1 rings (SSSR count). The second-order valence-corrected chi connectivity index (χ2v) is 4.48. The van der Waals surface area contributed by atoms with Crippen LogP contribution in [0.2, 0.25) is 0 Å². The van der Waals surface area contributed by atoms with Crippen molar-refractivity contribution in [2.45, 2.75) is 39.2 Å². The number of anilines is 2. The molecule has 0 bridgehead atoms. The Bertz CT molecular complexity index is 361. The Labute approximate surface area is 96.6 Å². The molecule has 0 spiro atoms. The minimum Gasteiger partial charge on any atom is -0.396 e. The lowest BCUT2D eigenvalue weighted by Gasteiger charge is -2.30. The molecular formula is C11H22N4O. The number of nitrogens with one attached hydrogen (secondary N) is 1. The van der Waals surface area contributed by atoms with Crippen molar-refractivity contribution < 1.29 is 5.11 Å². The first-order valence-corrected chi connectivity index (χ1v) is 5.61. The fourth-order valence-electron chi connectivity index (χ4n) is 1.68. The summed E-state index contributed by atoms with van der Waals surface area (Å²) >= 11 is 0. The van der Waals surface area contributed by atoms with E-state index in [9.17, 15) is 0 Å². The fourth-order valence-corrected chi connectivity index (χ4v) is 1.68. The van der Waals surface area contributed by atoms with Crippen molar-refractivity contribution in [2.24, 2.45) is 7.05 Å². The predicted octanol–water partition coefficient (Wildman–Crippen LogP) is 1.27. The summed E-state index contributed by atoms with van der Waals surface area (Å²) in [6.07, 6.45) is 1.60. The molecule has 0 amide bonds. The molecule has 0 radical (unpaired) electrons. The lowest BCUT2D eigenvalue weighted by molar-refractivity contribution is 0.251. The van der Waals surface area contributed by atoms with E-state index in [-0.39, 0.29) is 12.1 Å². The monoisotopic (exact) mass is 226 g/mol. The van der Waals surface area contributed by atoms with Gasteiger partial charge in [0, 0.05) is 19.2 Å². The average Bonchev–Trinajstić information content (AvgIpc) is 2.46. The third-order valence-electron chi connectivity index (χ3n) is 3.13. The van der Waals surface area contributed by atoms with Crippen LogP contribution in [0.25, 0.3) is 0 Å². The maximum Gasteiger partial charge on any atom is 0.148 e. The molecule has 16 heavy (non-hydrogen) atoms. The molecule has 4 N–H and O–H groups in total. The summed E-state index contributed by atoms with van der Waals surface area (Å²) in [4.78, 5) is 0. The number of aromatic nitrogens is 2. The van der Waals surface area contributed by atoms with Crippen molar-refractivity contribution in [1.82, 2.24) is 9.78 Å². The summed E-state index contributed by atoms with van der Waals surface area (Å²) < 4.78 is 1.75. The van der Waals surface area contributed by atoms with E-state index in [0.717, 1.165) is 17.9 Å². The van der Waals surface area contributed by atoms with E-state index >= 15 is 0 Å². The zero-order valence-electron chi connectivity index (χ0n) is 10.5. The number of aliphatic hydroxyl groups is 1. The van der Waals surface area contributed by atoms with Gasteiger partial charge in [0.25, 0.3) is 0 Å². The number of hydrogen-bond acceptors (Lipinski definition) is 4. The SMILES string of the molecule is CCC(C)(CCO)Nc1c(N)c(C)nn1C. The van der Waals surface area contributed by atoms with Crippen molar-refractivity contribution in [3.05, 3.63) is 5.69 Å². The molecule has 0 fully saturated rings. The fraction of sp³-hybridized carbons (Fsp3) is 0.727. The summed E-state index contributed by atoms with van der Waals surface area (Å²) in [5, 5.41) is 16.7. The van der Waals surface area contributed by atoms with Gasteiger partial charge in [0.2, 0.25) is 0 Å². The maximum absolute atomic E-state index is 9.06. The highest BCUT2D eigenvalue weighted by molar-refractivity contribution is 5.65. The third kappa shape index (κ3) is 2.47. The maximum atomic E-state index is 9.06. The number of aliphatic hydroxyl groups excluding tert-OH is 1. The van der Waals surface area contributed by atoms with Gasteiger partial charge in [0.15, 0.2) is 0 Å². The lowest BCUT2D eigenvalue weighted by Crippen LogP contribution is -2.36. The molecule has 1 heterocycles. The van der Waals surface area contributed by atoms with E-state index < -0.39 is 0 Å². The van der Waals surface area contributed by atoms with Gasteiger partial charge in [-0.25, -0.2) is 0 Å². The van der Waals surface area contributed by atoms with E-state index in [2.05, 4.69) is 24.3 Å². The van der Waals surface area contributed by atoms with E-state index in [4.69, 9.17) is 10.8 Å². The van der Waals surface area contributed by atoms with Crippen LogP contribution in [0.3, 0.4) is 0 Å². The van der Waals surface area contributed by atoms with E-state index in [0.29, 0.717) is 12.1 Å². The first kappa shape index (κ1) is 12.8. The topological polar surface area (TPSA) is 76.1 Å². The summed E-state index contributed by atoms with van der Waals surface area (Å²) in [6, 6.07) is 0. The molecule has 1 aromatic heterocycles. The minimum absolute atomic E-state index is 0.150. The smallest absolute Gasteiger partial charge is 0.148 e. The molecule has 0 saturated heterocycles. The van der Waals surface area contributed by atoms with Gasteiger partial charge in [-0.3, -0.25) is 4.68 Å². The number of nitrogens with zero attached hydrogens (tertiary/aromatic N) is 2. The molecular weight excluding hydrogens is 204 g/mol. The first-order chi connectivity index (χ1) is 7.43. The minimum atomic E-state index is -0.150. The molecule has 5 nitrogen and oxygen atoms in total. The van der Waals surface area contributed by atoms with E-state index in [1.54, 1.807) is 4.68 Å². The molecule has 92 valence electrons. The summed E-state index contributed by atoms with van der Waals surface area (Å²) in [5.41, 5.74) is 7.31. The Morgan fingerprint density at radius 2 is 2.19 bits per heavy atom. The molecule has 0 saturated carbocycles. The van der Waals surface area contributed by atoms with Crippen LogP contribution in [-0.4, -0.2) is 27.0 Å². The highest BCUT2D eigenvalue weighted by Crippen LogP contribution is 2.27. The van der Waals surface area contributed by atoms with Crippen LogP contribution >= 0.6 is 0 Å². The van der Waals surface area contributed by atoms with Gasteiger partial charge in [-0.05, 0) is 26.7 Å². The number of nitrogen functional groups attached to an aromatic ring is 1. The highest BCUT2D eigenvalue weighted by atomic mass is 16.3. The van der Waals surface area contributed by atoms with Gasteiger partial charge in [-0.1, -0.05) is 6.92 Å². The van der Waals surface area contributed by atoms with E-state index in [1.807, 2.05) is 14.0 Å². The van der Waals surface area contributed by atoms with Crippen molar-refractivity contribution in [3.63, 3.8) is 0 Å². The van der Waals surface area contributed by atoms with Crippen LogP contribution in [0.5, 0.6) is 0 Å².